The summed E-state index contributed by atoms with van der Waals surface area (Å²) in [5, 5.41) is 1.57. The molecule has 1 saturated carbocycles. The Hall–Kier alpha value is -0.740. The zero-order valence-electron chi connectivity index (χ0n) is 10.2. The van der Waals surface area contributed by atoms with Crippen molar-refractivity contribution in [3.63, 3.8) is 0 Å². The molecule has 1 aromatic heterocycles. The summed E-state index contributed by atoms with van der Waals surface area (Å²) in [6, 6.07) is 4.28. The highest BCUT2D eigenvalue weighted by atomic mass is 35.5. The smallest absolute Gasteiger partial charge is 0.231 e. The highest BCUT2D eigenvalue weighted by Crippen LogP contribution is 2.42. The van der Waals surface area contributed by atoms with Crippen molar-refractivity contribution < 1.29 is 4.79 Å². The van der Waals surface area contributed by atoms with Crippen molar-refractivity contribution in [2.45, 2.75) is 30.8 Å². The molecule has 2 fully saturated rings. The van der Waals surface area contributed by atoms with Gasteiger partial charge in [-0.25, -0.2) is 4.98 Å². The summed E-state index contributed by atoms with van der Waals surface area (Å²) in [5.74, 6) is 1.11. The molecule has 0 spiro atoms. The number of likely N-dealkylation sites (tertiary alicyclic amines) is 1. The predicted octanol–water partition coefficient (Wildman–Crippen LogP) is 2.84. The number of halogens is 1. The van der Waals surface area contributed by atoms with Crippen LogP contribution in [0.1, 0.15) is 19.8 Å². The van der Waals surface area contributed by atoms with Gasteiger partial charge in [-0.15, -0.1) is 11.8 Å². The van der Waals surface area contributed by atoms with Crippen molar-refractivity contribution in [3.05, 3.63) is 23.4 Å². The molecule has 1 unspecified atom stereocenters. The fraction of sp³-hybridized carbons (Fsp3) is 0.538. The number of hydrogen-bond acceptors (Lipinski definition) is 3. The van der Waals surface area contributed by atoms with Crippen LogP contribution in [0.25, 0.3) is 0 Å². The fourth-order valence-electron chi connectivity index (χ4n) is 2.24. The number of thioether (sulfide) groups is 1. The van der Waals surface area contributed by atoms with E-state index in [2.05, 4.69) is 11.9 Å². The normalized spacial score (nSPS) is 27.2. The standard InChI is InChI=1S/C13H15ClN2OS/c1-13(7-16(12(13)17)10-3-4-10)8-18-11-5-2-9(14)6-15-11/h2,5-6,10H,3-4,7-8H2,1H3. The molecule has 1 aliphatic carbocycles. The maximum atomic E-state index is 12.1. The van der Waals surface area contributed by atoms with Gasteiger partial charge < -0.3 is 4.90 Å². The van der Waals surface area contributed by atoms with E-state index in [-0.39, 0.29) is 5.41 Å². The van der Waals surface area contributed by atoms with Crippen LogP contribution in [0.15, 0.2) is 23.4 Å². The molecule has 0 N–H and O–H groups in total. The summed E-state index contributed by atoms with van der Waals surface area (Å²) in [4.78, 5) is 18.4. The van der Waals surface area contributed by atoms with Crippen LogP contribution in [0.3, 0.4) is 0 Å². The van der Waals surface area contributed by atoms with Crippen LogP contribution >= 0.6 is 23.4 Å². The van der Waals surface area contributed by atoms with E-state index in [4.69, 9.17) is 11.6 Å². The minimum atomic E-state index is -0.200. The van der Waals surface area contributed by atoms with Crippen LogP contribution in [-0.4, -0.2) is 34.1 Å². The van der Waals surface area contributed by atoms with Crippen molar-refractivity contribution in [2.75, 3.05) is 12.3 Å². The van der Waals surface area contributed by atoms with E-state index in [1.165, 1.54) is 12.8 Å². The first kappa shape index (κ1) is 12.3. The number of hydrogen-bond donors (Lipinski definition) is 0. The number of nitrogens with zero attached hydrogens (tertiary/aromatic N) is 2. The number of pyridine rings is 1. The third-order valence-electron chi connectivity index (χ3n) is 3.52. The first-order chi connectivity index (χ1) is 8.58. The van der Waals surface area contributed by atoms with Gasteiger partial charge in [0.2, 0.25) is 5.91 Å². The summed E-state index contributed by atoms with van der Waals surface area (Å²) in [7, 11) is 0. The van der Waals surface area contributed by atoms with Crippen LogP contribution < -0.4 is 0 Å². The number of carbonyl (C=O) groups excluding carboxylic acids is 1. The molecule has 1 aromatic rings. The molecule has 96 valence electrons. The molecular weight excluding hydrogens is 268 g/mol. The quantitative estimate of drug-likeness (QED) is 0.629. The van der Waals surface area contributed by atoms with E-state index in [9.17, 15) is 4.79 Å². The lowest BCUT2D eigenvalue weighted by Gasteiger charge is -2.47. The van der Waals surface area contributed by atoms with Crippen LogP contribution in [0, 0.1) is 5.41 Å². The van der Waals surface area contributed by atoms with Crippen molar-refractivity contribution in [3.8, 4) is 0 Å². The lowest BCUT2D eigenvalue weighted by atomic mass is 9.82. The highest BCUT2D eigenvalue weighted by molar-refractivity contribution is 7.99. The van der Waals surface area contributed by atoms with E-state index in [1.54, 1.807) is 18.0 Å². The monoisotopic (exact) mass is 282 g/mol. The molecule has 3 rings (SSSR count). The van der Waals surface area contributed by atoms with Gasteiger partial charge in [-0.1, -0.05) is 11.6 Å². The van der Waals surface area contributed by atoms with Gasteiger partial charge in [-0.05, 0) is 31.9 Å². The topological polar surface area (TPSA) is 33.2 Å². The first-order valence-electron chi connectivity index (χ1n) is 6.14. The maximum Gasteiger partial charge on any atom is 0.231 e. The Kier molecular flexibility index (Phi) is 3.02. The SMILES string of the molecule is CC1(CSc2ccc(Cl)cn2)CN(C2CC2)C1=O. The van der Waals surface area contributed by atoms with E-state index < -0.39 is 0 Å². The lowest BCUT2D eigenvalue weighted by molar-refractivity contribution is -0.156. The predicted molar refractivity (Wildman–Crippen MR) is 72.8 cm³/mol. The first-order valence-corrected chi connectivity index (χ1v) is 7.50. The molecule has 1 saturated heterocycles. The Morgan fingerprint density at radius 1 is 1.56 bits per heavy atom. The van der Waals surface area contributed by atoms with E-state index in [0.29, 0.717) is 17.0 Å². The summed E-state index contributed by atoms with van der Waals surface area (Å²) < 4.78 is 0. The van der Waals surface area contributed by atoms with Crippen LogP contribution in [0.2, 0.25) is 5.02 Å². The second-order valence-corrected chi connectivity index (χ2v) is 6.76. The molecule has 2 aliphatic rings. The highest BCUT2D eigenvalue weighted by Gasteiger charge is 2.52. The number of β-lactam (4-membered cyclic amide) rings is 1. The Labute approximate surface area is 116 Å². The van der Waals surface area contributed by atoms with Gasteiger partial charge in [-0.2, -0.15) is 0 Å². The molecule has 0 bridgehead atoms. The third-order valence-corrected chi connectivity index (χ3v) is 5.07. The number of rotatable bonds is 4. The lowest BCUT2D eigenvalue weighted by Crippen LogP contribution is -2.61. The van der Waals surface area contributed by atoms with E-state index >= 15 is 0 Å². The average Bonchev–Trinajstić information content (AvgIpc) is 3.19. The Bertz CT molecular complexity index is 474. The Morgan fingerprint density at radius 2 is 2.33 bits per heavy atom. The van der Waals surface area contributed by atoms with Gasteiger partial charge in [0, 0.05) is 24.5 Å². The second kappa shape index (κ2) is 4.42. The molecule has 1 amide bonds. The number of amides is 1. The molecule has 3 nitrogen and oxygen atoms in total. The van der Waals surface area contributed by atoms with Gasteiger partial charge in [0.25, 0.3) is 0 Å². The molecule has 1 aliphatic heterocycles. The molecule has 1 atom stereocenters. The maximum absolute atomic E-state index is 12.1. The van der Waals surface area contributed by atoms with E-state index in [0.717, 1.165) is 17.3 Å². The second-order valence-electron chi connectivity index (χ2n) is 5.33. The Balaban J connectivity index is 1.57. The molecular formula is C13H15ClN2OS. The molecule has 0 radical (unpaired) electrons. The Morgan fingerprint density at radius 3 is 2.89 bits per heavy atom. The minimum Gasteiger partial charge on any atom is -0.338 e. The van der Waals surface area contributed by atoms with Crippen molar-refractivity contribution in [1.29, 1.82) is 0 Å². The largest absolute Gasteiger partial charge is 0.338 e. The summed E-state index contributed by atoms with van der Waals surface area (Å²) in [6.45, 7) is 2.95. The summed E-state index contributed by atoms with van der Waals surface area (Å²) in [5.41, 5.74) is -0.200. The molecule has 5 heteroatoms. The van der Waals surface area contributed by atoms with Gasteiger partial charge in [-0.3, -0.25) is 4.79 Å². The van der Waals surface area contributed by atoms with Gasteiger partial charge in [0.05, 0.1) is 15.5 Å². The van der Waals surface area contributed by atoms with Gasteiger partial charge >= 0.3 is 0 Å². The zero-order valence-corrected chi connectivity index (χ0v) is 11.8. The van der Waals surface area contributed by atoms with Crippen LogP contribution in [0.5, 0.6) is 0 Å². The molecule has 0 aromatic carbocycles. The number of carbonyl (C=O) groups is 1. The zero-order chi connectivity index (χ0) is 12.8. The summed E-state index contributed by atoms with van der Waals surface area (Å²) in [6.07, 6.45) is 4.02. The third kappa shape index (κ3) is 2.24. The van der Waals surface area contributed by atoms with Crippen molar-refractivity contribution >= 4 is 29.3 Å². The van der Waals surface area contributed by atoms with Gasteiger partial charge in [0.15, 0.2) is 0 Å². The fourth-order valence-corrected chi connectivity index (χ4v) is 3.32. The average molecular weight is 283 g/mol. The van der Waals surface area contributed by atoms with Crippen LogP contribution in [-0.2, 0) is 4.79 Å². The molecule has 18 heavy (non-hydrogen) atoms. The molecule has 2 heterocycles. The van der Waals surface area contributed by atoms with Crippen molar-refractivity contribution in [2.24, 2.45) is 5.41 Å². The summed E-state index contributed by atoms with van der Waals surface area (Å²) >= 11 is 7.42. The van der Waals surface area contributed by atoms with Gasteiger partial charge in [0.1, 0.15) is 0 Å². The number of aromatic nitrogens is 1. The van der Waals surface area contributed by atoms with Crippen LogP contribution in [0.4, 0.5) is 0 Å². The minimum absolute atomic E-state index is 0.200. The van der Waals surface area contributed by atoms with Crippen molar-refractivity contribution in [1.82, 2.24) is 9.88 Å². The van der Waals surface area contributed by atoms with E-state index in [1.807, 2.05) is 17.0 Å².